The van der Waals surface area contributed by atoms with Crippen molar-refractivity contribution in [3.05, 3.63) is 95.6 Å². The van der Waals surface area contributed by atoms with E-state index in [1.807, 2.05) is 54.6 Å². The third kappa shape index (κ3) is 5.19. The van der Waals surface area contributed by atoms with Gasteiger partial charge in [-0.25, -0.2) is 4.98 Å². The van der Waals surface area contributed by atoms with Crippen LogP contribution < -0.4 is 9.47 Å². The van der Waals surface area contributed by atoms with Gasteiger partial charge in [0.2, 0.25) is 0 Å². The van der Waals surface area contributed by atoms with Crippen molar-refractivity contribution in [1.82, 2.24) is 4.98 Å². The molecule has 0 aliphatic carbocycles. The van der Waals surface area contributed by atoms with Gasteiger partial charge in [0.25, 0.3) is 0 Å². The Bertz CT molecular complexity index is 1280. The molecule has 4 nitrogen and oxygen atoms in total. The maximum absolute atomic E-state index is 10.1. The van der Waals surface area contributed by atoms with Crippen LogP contribution in [0.3, 0.4) is 0 Å². The van der Waals surface area contributed by atoms with Gasteiger partial charge < -0.3 is 9.47 Å². The smallest absolute Gasteiger partial charge is 0.118 e. The summed E-state index contributed by atoms with van der Waals surface area (Å²) >= 11 is 1.58. The van der Waals surface area contributed by atoms with E-state index in [2.05, 4.69) is 37.3 Å². The molecule has 164 valence electrons. The molecule has 0 saturated heterocycles. The fraction of sp³-hybridized carbons (Fsp3) is 0.143. The van der Waals surface area contributed by atoms with Crippen LogP contribution in [-0.4, -0.2) is 19.2 Å². The van der Waals surface area contributed by atoms with E-state index in [1.165, 1.54) is 11.1 Å². The lowest BCUT2D eigenvalue weighted by molar-refractivity contribution is 0.415. The number of hydrogen-bond donors (Lipinski definition) is 0. The Morgan fingerprint density at radius 1 is 0.818 bits per heavy atom. The number of hydrogen-bond acceptors (Lipinski definition) is 5. The van der Waals surface area contributed by atoms with Crippen molar-refractivity contribution in [2.24, 2.45) is 0 Å². The number of aryl methyl sites for hydroxylation is 1. The van der Waals surface area contributed by atoms with Crippen molar-refractivity contribution in [2.75, 3.05) is 14.2 Å². The topological polar surface area (TPSA) is 55.1 Å². The summed E-state index contributed by atoms with van der Waals surface area (Å²) in [5, 5.41) is 10.8. The van der Waals surface area contributed by atoms with Gasteiger partial charge in [0.1, 0.15) is 22.6 Å². The Labute approximate surface area is 198 Å². The number of thioether (sulfide) groups is 1. The van der Waals surface area contributed by atoms with Gasteiger partial charge in [0.05, 0.1) is 25.5 Å². The molecule has 0 N–H and O–H groups in total. The first kappa shape index (κ1) is 22.4. The molecular formula is C28H24N2O2S. The highest BCUT2D eigenvalue weighted by Gasteiger charge is 2.16. The average molecular weight is 453 g/mol. The van der Waals surface area contributed by atoms with Gasteiger partial charge in [0.15, 0.2) is 0 Å². The molecule has 3 aromatic carbocycles. The standard InChI is InChI=1S/C28H24N2O2S/c1-19-4-6-20(7-5-19)18-33-28-26(17-29)25(21-8-12-23(31-2)13-9-21)16-27(30-28)22-10-14-24(32-3)15-11-22/h4-16H,18H2,1-3H3. The fourth-order valence-electron chi connectivity index (χ4n) is 3.48. The zero-order valence-corrected chi connectivity index (χ0v) is 19.6. The molecule has 0 aliphatic rings. The summed E-state index contributed by atoms with van der Waals surface area (Å²) in [4.78, 5) is 4.90. The first-order valence-corrected chi connectivity index (χ1v) is 11.5. The van der Waals surface area contributed by atoms with Crippen molar-refractivity contribution >= 4 is 11.8 Å². The zero-order chi connectivity index (χ0) is 23.2. The normalized spacial score (nSPS) is 10.5. The summed E-state index contributed by atoms with van der Waals surface area (Å²) < 4.78 is 10.6. The van der Waals surface area contributed by atoms with Crippen molar-refractivity contribution in [3.63, 3.8) is 0 Å². The van der Waals surface area contributed by atoms with Crippen molar-refractivity contribution in [3.8, 4) is 40.0 Å². The second-order valence-electron chi connectivity index (χ2n) is 7.58. The lowest BCUT2D eigenvalue weighted by Crippen LogP contribution is -1.96. The first-order valence-electron chi connectivity index (χ1n) is 10.5. The van der Waals surface area contributed by atoms with Gasteiger partial charge in [-0.15, -0.1) is 11.8 Å². The third-order valence-corrected chi connectivity index (χ3v) is 6.43. The summed E-state index contributed by atoms with van der Waals surface area (Å²) in [6, 6.07) is 28.4. The first-order chi connectivity index (χ1) is 16.1. The van der Waals surface area contributed by atoms with E-state index >= 15 is 0 Å². The van der Waals surface area contributed by atoms with Crippen LogP contribution in [0.15, 0.2) is 83.9 Å². The van der Waals surface area contributed by atoms with Crippen molar-refractivity contribution in [1.29, 1.82) is 5.26 Å². The predicted octanol–water partition coefficient (Wildman–Crippen LogP) is 6.91. The summed E-state index contributed by atoms with van der Waals surface area (Å²) in [6.07, 6.45) is 0. The van der Waals surface area contributed by atoms with Gasteiger partial charge >= 0.3 is 0 Å². The molecule has 4 rings (SSSR count). The Kier molecular flexibility index (Phi) is 6.97. The number of aromatic nitrogens is 1. The maximum atomic E-state index is 10.1. The van der Waals surface area contributed by atoms with Crippen LogP contribution >= 0.6 is 11.8 Å². The second kappa shape index (κ2) is 10.2. The van der Waals surface area contributed by atoms with Gasteiger partial charge in [-0.1, -0.05) is 42.0 Å². The van der Waals surface area contributed by atoms with Crippen LogP contribution in [0.4, 0.5) is 0 Å². The number of nitriles is 1. The fourth-order valence-corrected chi connectivity index (χ4v) is 4.44. The molecule has 1 heterocycles. The minimum Gasteiger partial charge on any atom is -0.497 e. The number of benzene rings is 3. The third-order valence-electron chi connectivity index (χ3n) is 5.38. The molecule has 5 heteroatoms. The molecule has 1 aromatic heterocycles. The Balaban J connectivity index is 1.79. The van der Waals surface area contributed by atoms with E-state index in [1.54, 1.807) is 26.0 Å². The highest BCUT2D eigenvalue weighted by molar-refractivity contribution is 7.98. The van der Waals surface area contributed by atoms with E-state index in [-0.39, 0.29) is 0 Å². The van der Waals surface area contributed by atoms with Gasteiger partial charge in [-0.2, -0.15) is 5.26 Å². The van der Waals surface area contributed by atoms with Crippen molar-refractivity contribution < 1.29 is 9.47 Å². The monoisotopic (exact) mass is 452 g/mol. The van der Waals surface area contributed by atoms with Gasteiger partial charge in [0, 0.05) is 16.9 Å². The number of methoxy groups -OCH3 is 2. The van der Waals surface area contributed by atoms with Crippen LogP contribution in [0, 0.1) is 18.3 Å². The summed E-state index contributed by atoms with van der Waals surface area (Å²) in [5.74, 6) is 2.29. The number of pyridine rings is 1. The number of rotatable bonds is 7. The largest absolute Gasteiger partial charge is 0.497 e. The molecule has 0 unspecified atom stereocenters. The molecule has 0 radical (unpaired) electrons. The lowest BCUT2D eigenvalue weighted by Gasteiger charge is -2.13. The Morgan fingerprint density at radius 3 is 1.94 bits per heavy atom. The maximum Gasteiger partial charge on any atom is 0.118 e. The summed E-state index contributed by atoms with van der Waals surface area (Å²) in [5.41, 5.74) is 6.57. The quantitative estimate of drug-likeness (QED) is 0.285. The van der Waals surface area contributed by atoms with Gasteiger partial charge in [-0.3, -0.25) is 0 Å². The lowest BCUT2D eigenvalue weighted by atomic mass is 9.99. The highest BCUT2D eigenvalue weighted by atomic mass is 32.2. The average Bonchev–Trinajstić information content (AvgIpc) is 2.88. The molecule has 33 heavy (non-hydrogen) atoms. The molecule has 4 aromatic rings. The van der Waals surface area contributed by atoms with E-state index in [0.717, 1.165) is 44.7 Å². The highest BCUT2D eigenvalue weighted by Crippen LogP contribution is 2.36. The molecule has 0 aliphatic heterocycles. The van der Waals surface area contributed by atoms with Crippen LogP contribution in [0.25, 0.3) is 22.4 Å². The van der Waals surface area contributed by atoms with E-state index in [9.17, 15) is 5.26 Å². The molecule has 0 fully saturated rings. The predicted molar refractivity (Wildman–Crippen MR) is 134 cm³/mol. The minimum atomic E-state index is 0.578. The van der Waals surface area contributed by atoms with Crippen LogP contribution in [0.1, 0.15) is 16.7 Å². The zero-order valence-electron chi connectivity index (χ0n) is 18.8. The van der Waals surface area contributed by atoms with Crippen LogP contribution in [0.5, 0.6) is 11.5 Å². The van der Waals surface area contributed by atoms with Crippen molar-refractivity contribution in [2.45, 2.75) is 17.7 Å². The van der Waals surface area contributed by atoms with E-state index in [4.69, 9.17) is 14.5 Å². The SMILES string of the molecule is COc1ccc(-c2cc(-c3ccc(OC)cc3)c(C#N)c(SCc3ccc(C)cc3)n2)cc1. The van der Waals surface area contributed by atoms with Crippen LogP contribution in [-0.2, 0) is 5.75 Å². The second-order valence-corrected chi connectivity index (χ2v) is 8.54. The number of nitrogens with zero attached hydrogens (tertiary/aromatic N) is 2. The molecule has 0 atom stereocenters. The molecular weight excluding hydrogens is 428 g/mol. The summed E-state index contributed by atoms with van der Waals surface area (Å²) in [6.45, 7) is 2.08. The minimum absolute atomic E-state index is 0.578. The Morgan fingerprint density at radius 2 is 1.39 bits per heavy atom. The molecule has 0 amide bonds. The summed E-state index contributed by atoms with van der Waals surface area (Å²) in [7, 11) is 3.29. The molecule has 0 spiro atoms. The van der Waals surface area contributed by atoms with E-state index < -0.39 is 0 Å². The van der Waals surface area contributed by atoms with Gasteiger partial charge in [-0.05, 0) is 60.5 Å². The Hall–Kier alpha value is -3.75. The van der Waals surface area contributed by atoms with E-state index in [0.29, 0.717) is 5.56 Å². The molecule has 0 saturated carbocycles. The number of ether oxygens (including phenoxy) is 2. The van der Waals surface area contributed by atoms with Crippen LogP contribution in [0.2, 0.25) is 0 Å². The molecule has 0 bridgehead atoms.